The number of amides is 1. The Morgan fingerprint density at radius 3 is 1.69 bits per heavy atom. The predicted molar refractivity (Wildman–Crippen MR) is 360 cm³/mol. The molecule has 0 spiro atoms. The number of hydrogen-bond acceptors (Lipinski definition) is 13. The summed E-state index contributed by atoms with van der Waals surface area (Å²) >= 11 is 0. The molecule has 2 aromatic carbocycles. The Morgan fingerprint density at radius 1 is 0.729 bits per heavy atom. The molecule has 486 valence electrons. The smallest absolute Gasteiger partial charge is 0.341 e. The van der Waals surface area contributed by atoms with Crippen molar-refractivity contribution in [2.75, 3.05) is 21.3 Å². The summed E-state index contributed by atoms with van der Waals surface area (Å²) in [6.07, 6.45) is -4.19. The first-order valence-electron chi connectivity index (χ1n) is 31.3. The summed E-state index contributed by atoms with van der Waals surface area (Å²) in [6.45, 7) is 61.5. The van der Waals surface area contributed by atoms with Crippen LogP contribution in [0.3, 0.4) is 0 Å². The molecule has 1 aliphatic heterocycles. The molecule has 0 aromatic heterocycles. The predicted octanol–water partition coefficient (Wildman–Crippen LogP) is 16.6. The molecular formula is C66H119NO13Si5. The summed E-state index contributed by atoms with van der Waals surface area (Å²) in [6, 6.07) is 13.3. The minimum Gasteiger partial charge on any atom is -0.543 e. The van der Waals surface area contributed by atoms with Crippen LogP contribution in [-0.4, -0.2) is 130 Å². The highest BCUT2D eigenvalue weighted by molar-refractivity contribution is 6.76. The lowest BCUT2D eigenvalue weighted by atomic mass is 9.73. The van der Waals surface area contributed by atoms with Gasteiger partial charge < -0.3 is 51.1 Å². The molecule has 0 radical (unpaired) electrons. The lowest BCUT2D eigenvalue weighted by molar-refractivity contribution is -0.213. The van der Waals surface area contributed by atoms with Gasteiger partial charge >= 0.3 is 11.9 Å². The van der Waals surface area contributed by atoms with Crippen molar-refractivity contribution in [3.05, 3.63) is 70.8 Å². The van der Waals surface area contributed by atoms with Crippen LogP contribution in [0.4, 0.5) is 0 Å². The Morgan fingerprint density at radius 2 is 1.25 bits per heavy atom. The molecular weight excluding hydrogens is 1160 g/mol. The summed E-state index contributed by atoms with van der Waals surface area (Å²) in [5, 5.41) is 2.63. The van der Waals surface area contributed by atoms with E-state index in [1.165, 1.54) is 14.2 Å². The molecule has 9 atom stereocenters. The minimum atomic E-state index is -2.61. The average molecular weight is 1280 g/mol. The number of rotatable bonds is 30. The van der Waals surface area contributed by atoms with Gasteiger partial charge in [-0.25, -0.2) is 9.59 Å². The van der Waals surface area contributed by atoms with E-state index in [9.17, 15) is 14.4 Å². The maximum Gasteiger partial charge on any atom is 0.341 e. The second kappa shape index (κ2) is 29.8. The zero-order valence-electron chi connectivity index (χ0n) is 58.6. The maximum absolute atomic E-state index is 14.8. The first-order chi connectivity index (χ1) is 38.7. The summed E-state index contributed by atoms with van der Waals surface area (Å²) in [7, 11) is -7.82. The Balaban J connectivity index is 2.43. The van der Waals surface area contributed by atoms with Gasteiger partial charge in [0, 0.05) is 38.0 Å². The number of ether oxygens (including phenoxy) is 5. The number of hydrogen-bond donors (Lipinski definition) is 1. The molecule has 3 rings (SSSR count). The molecule has 14 nitrogen and oxygen atoms in total. The molecule has 0 unspecified atom stereocenters. The van der Waals surface area contributed by atoms with Crippen molar-refractivity contribution < 1.29 is 60.2 Å². The fourth-order valence-electron chi connectivity index (χ4n) is 10.2. The number of carbonyl (C=O) groups is 3. The van der Waals surface area contributed by atoms with Crippen molar-refractivity contribution in [1.82, 2.24) is 5.32 Å². The quantitative estimate of drug-likeness (QED) is 0.0342. The largest absolute Gasteiger partial charge is 0.543 e. The van der Waals surface area contributed by atoms with Gasteiger partial charge in [0.2, 0.25) is 14.4 Å². The van der Waals surface area contributed by atoms with Gasteiger partial charge in [0.1, 0.15) is 29.3 Å². The van der Waals surface area contributed by atoms with Crippen LogP contribution in [0.1, 0.15) is 162 Å². The van der Waals surface area contributed by atoms with Crippen LogP contribution in [0.5, 0.6) is 11.5 Å². The number of esters is 2. The van der Waals surface area contributed by atoms with Gasteiger partial charge in [-0.1, -0.05) is 128 Å². The van der Waals surface area contributed by atoms with E-state index in [0.29, 0.717) is 41.9 Å². The highest BCUT2D eigenvalue weighted by Gasteiger charge is 2.53. The number of carbonyl (C=O) groups excluding carboxylic acids is 3. The summed E-state index contributed by atoms with van der Waals surface area (Å²) < 4.78 is 68.8. The van der Waals surface area contributed by atoms with Crippen molar-refractivity contribution in [2.45, 2.75) is 285 Å². The SMILES string of the molecule is C=C(C)C[C@H](OC)[C@H](OC(=O)c1ccccc1)C(=O)N[C@@H](OC)[C@@H]1C[C@@H](O[Si](CC)(CC)CC)C(C)(C)[C@@H](C[C@H](O[Si](C)(C)C)[C@@H](C)[C@@H](Cc2c(C)c(O[Si](C)(C)C(C)(C)C)cc(O[Si](C)(C)C(C)(C)C)c2C(=O)OC)O[Si](C)(C)C(C)(C)C)O1. The standard InChI is InChI=1S/C66H119NO13Si5/c1-31-85(32-2,33-3)80-56-43-54(60(72-20)67-59(68)58(53(71-19)39-44(4)5)75-61(69)47-37-35-34-36-38-47)74-55(66(56,17)18)42-51(76-81(22,23)24)46(7)49(77-82(25,26)63(8,9)10)40-48-45(6)50(78-83(27,28)64(11,12)13)41-52(57(48)62(70)73-21)79-84(29,30)65(14,15)16/h34-38,41,46,49,51,53-56,58,60H,4,31-33,39-40,42-43H2,1-3,5-30H3,(H,67,68)/t46-,49+,51-,53-,54-,55+,56+,58-,60-/m0/s1. The van der Waals surface area contributed by atoms with Crippen molar-refractivity contribution in [1.29, 1.82) is 0 Å². The van der Waals surface area contributed by atoms with Crippen LogP contribution in [-0.2, 0) is 48.2 Å². The fraction of sp³-hybridized carbons (Fsp3) is 0.742. The maximum atomic E-state index is 14.8. The van der Waals surface area contributed by atoms with E-state index in [2.05, 4.69) is 182 Å². The minimum absolute atomic E-state index is 0.122. The average Bonchev–Trinajstić information content (AvgIpc) is 1.99. The first-order valence-corrected chi connectivity index (χ1v) is 46.0. The highest BCUT2D eigenvalue weighted by atomic mass is 28.4. The second-order valence-electron chi connectivity index (χ2n) is 30.4. The summed E-state index contributed by atoms with van der Waals surface area (Å²) in [5.41, 5.74) is 2.49. The van der Waals surface area contributed by atoms with Gasteiger partial charge in [0.05, 0.1) is 37.1 Å². The summed E-state index contributed by atoms with van der Waals surface area (Å²) in [5.74, 6) is -0.851. The Bertz CT molecular complexity index is 2520. The first kappa shape index (κ1) is 76.3. The lowest BCUT2D eigenvalue weighted by Gasteiger charge is -2.53. The molecule has 0 bridgehead atoms. The Labute approximate surface area is 521 Å². The van der Waals surface area contributed by atoms with E-state index in [0.717, 1.165) is 34.8 Å². The van der Waals surface area contributed by atoms with Crippen molar-refractivity contribution in [3.8, 4) is 11.5 Å². The monoisotopic (exact) mass is 1270 g/mol. The van der Waals surface area contributed by atoms with Crippen LogP contribution in [0, 0.1) is 18.3 Å². The van der Waals surface area contributed by atoms with Crippen LogP contribution >= 0.6 is 0 Å². The third-order valence-corrected chi connectivity index (χ3v) is 38.3. The van der Waals surface area contributed by atoms with Gasteiger partial charge in [-0.15, -0.1) is 6.58 Å². The van der Waals surface area contributed by atoms with Crippen molar-refractivity contribution in [2.24, 2.45) is 11.3 Å². The molecule has 85 heavy (non-hydrogen) atoms. The molecule has 1 heterocycles. The van der Waals surface area contributed by atoms with E-state index >= 15 is 0 Å². The fourth-order valence-corrected chi connectivity index (χ4v) is 17.9. The normalized spacial score (nSPS) is 19.7. The lowest BCUT2D eigenvalue weighted by Crippen LogP contribution is -2.61. The molecule has 0 aliphatic carbocycles. The number of nitrogens with one attached hydrogen (secondary N) is 1. The molecule has 1 fully saturated rings. The third-order valence-electron chi connectivity index (χ3n) is 19.5. The van der Waals surface area contributed by atoms with E-state index in [4.69, 9.17) is 45.8 Å². The molecule has 1 aliphatic rings. The van der Waals surface area contributed by atoms with Crippen molar-refractivity contribution >= 4 is 59.4 Å². The van der Waals surface area contributed by atoms with Gasteiger partial charge in [-0.3, -0.25) is 4.79 Å². The van der Waals surface area contributed by atoms with E-state index < -0.39 is 108 Å². The molecule has 2 aromatic rings. The van der Waals surface area contributed by atoms with Crippen molar-refractivity contribution in [3.63, 3.8) is 0 Å². The van der Waals surface area contributed by atoms with Gasteiger partial charge in [-0.2, -0.15) is 0 Å². The zero-order valence-corrected chi connectivity index (χ0v) is 63.6. The summed E-state index contributed by atoms with van der Waals surface area (Å²) in [4.78, 5) is 43.2. The third kappa shape index (κ3) is 19.8. The van der Waals surface area contributed by atoms with Crippen LogP contribution in [0.2, 0.25) is 92.2 Å². The topological polar surface area (TPSA) is 156 Å². The van der Waals surface area contributed by atoms with E-state index in [-0.39, 0.29) is 33.6 Å². The zero-order chi connectivity index (χ0) is 65.4. The highest BCUT2D eigenvalue weighted by Crippen LogP contribution is 2.49. The van der Waals surface area contributed by atoms with Gasteiger partial charge in [-0.05, 0) is 149 Å². The molecule has 1 amide bonds. The molecule has 19 heteroatoms. The number of benzene rings is 2. The Hall–Kier alpha value is -2.97. The Kier molecular flexibility index (Phi) is 26.7. The van der Waals surface area contributed by atoms with Crippen LogP contribution in [0.15, 0.2) is 48.6 Å². The van der Waals surface area contributed by atoms with E-state index in [1.807, 2.05) is 19.1 Å². The van der Waals surface area contributed by atoms with Gasteiger partial charge in [0.15, 0.2) is 31.2 Å². The molecule has 1 saturated heterocycles. The van der Waals surface area contributed by atoms with Crippen LogP contribution in [0.25, 0.3) is 0 Å². The molecule has 1 N–H and O–H groups in total. The number of methoxy groups -OCH3 is 3. The van der Waals surface area contributed by atoms with Crippen LogP contribution < -0.4 is 14.2 Å². The van der Waals surface area contributed by atoms with Gasteiger partial charge in [0.25, 0.3) is 14.2 Å². The second-order valence-corrected chi connectivity index (χ2v) is 53.8. The van der Waals surface area contributed by atoms with E-state index in [1.54, 1.807) is 31.4 Å². The molecule has 0 saturated carbocycles.